The molecule has 0 saturated heterocycles. The third kappa shape index (κ3) is 2.14. The summed E-state index contributed by atoms with van der Waals surface area (Å²) in [5.74, 6) is 0.870. The van der Waals surface area contributed by atoms with E-state index in [1.165, 1.54) is 34.9 Å². The van der Waals surface area contributed by atoms with Crippen molar-refractivity contribution in [3.05, 3.63) is 45.6 Å². The number of aromatic amines is 1. The molecule has 0 aliphatic heterocycles. The molecule has 28 heavy (non-hydrogen) atoms. The molecule has 1 aromatic carbocycles. The van der Waals surface area contributed by atoms with Gasteiger partial charge in [-0.25, -0.2) is 0 Å². The summed E-state index contributed by atoms with van der Waals surface area (Å²) < 4.78 is 5.26. The van der Waals surface area contributed by atoms with E-state index < -0.39 is 5.41 Å². The Morgan fingerprint density at radius 1 is 1.29 bits per heavy atom. The predicted octanol–water partition coefficient (Wildman–Crippen LogP) is 6.17. The zero-order chi connectivity index (χ0) is 19.8. The molecule has 0 radical (unpaired) electrons. The first-order valence-corrected chi connectivity index (χ1v) is 10.8. The van der Waals surface area contributed by atoms with E-state index in [1.807, 2.05) is 6.07 Å². The molecule has 0 unspecified atom stereocenters. The molecule has 0 fully saturated rings. The molecule has 1 N–H and O–H groups in total. The Hall–Kier alpha value is -1.74. The highest BCUT2D eigenvalue weighted by Crippen LogP contribution is 2.63. The van der Waals surface area contributed by atoms with Gasteiger partial charge in [0.25, 0.3) is 0 Å². The normalized spacial score (nSPS) is 34.2. The number of ether oxygens (including phenoxy) is 1. The lowest BCUT2D eigenvalue weighted by atomic mass is 9.49. The van der Waals surface area contributed by atoms with Crippen LogP contribution in [0.1, 0.15) is 63.6 Å². The van der Waals surface area contributed by atoms with Gasteiger partial charge in [-0.1, -0.05) is 48.7 Å². The van der Waals surface area contributed by atoms with Crippen LogP contribution >= 0.6 is 11.6 Å². The van der Waals surface area contributed by atoms with Crippen LogP contribution in [0, 0.1) is 16.7 Å². The first-order valence-electron chi connectivity index (χ1n) is 10.4. The first kappa shape index (κ1) is 18.3. The number of H-pyrrole nitrogens is 1. The first-order chi connectivity index (χ1) is 13.3. The molecule has 4 heteroatoms. The molecule has 0 bridgehead atoms. The van der Waals surface area contributed by atoms with Crippen LogP contribution in [0.2, 0.25) is 5.02 Å². The van der Waals surface area contributed by atoms with Gasteiger partial charge in [0, 0.05) is 17.0 Å². The molecule has 148 valence electrons. The molecule has 2 aromatic rings. The number of hydrogen-bond acceptors (Lipinski definition) is 2. The van der Waals surface area contributed by atoms with E-state index in [4.69, 9.17) is 16.3 Å². The molecule has 0 saturated carbocycles. The van der Waals surface area contributed by atoms with Gasteiger partial charge in [-0.05, 0) is 62.0 Å². The number of halogens is 1. The summed E-state index contributed by atoms with van der Waals surface area (Å²) >= 11 is 6.53. The van der Waals surface area contributed by atoms with E-state index in [2.05, 4.69) is 37.9 Å². The minimum atomic E-state index is -0.483. The van der Waals surface area contributed by atoms with Gasteiger partial charge in [-0.2, -0.15) is 0 Å². The van der Waals surface area contributed by atoms with Gasteiger partial charge in [-0.15, -0.1) is 0 Å². The fourth-order valence-electron chi connectivity index (χ4n) is 6.46. The van der Waals surface area contributed by atoms with Gasteiger partial charge in [0.1, 0.15) is 0 Å². The summed E-state index contributed by atoms with van der Waals surface area (Å²) in [6.07, 6.45) is 4.97. The maximum absolute atomic E-state index is 12.8. The van der Waals surface area contributed by atoms with Crippen molar-refractivity contribution in [1.29, 1.82) is 0 Å². The van der Waals surface area contributed by atoms with Crippen LogP contribution < -0.4 is 0 Å². The number of hydrogen-bond donors (Lipinski definition) is 1. The molecule has 1 heterocycles. The van der Waals surface area contributed by atoms with Crippen molar-refractivity contribution in [2.45, 2.75) is 58.8 Å². The van der Waals surface area contributed by atoms with E-state index >= 15 is 0 Å². The zero-order valence-corrected chi connectivity index (χ0v) is 17.9. The van der Waals surface area contributed by atoms with E-state index in [1.54, 1.807) is 0 Å². The molecule has 3 aliphatic carbocycles. The summed E-state index contributed by atoms with van der Waals surface area (Å²) in [6.45, 7) is 6.91. The highest BCUT2D eigenvalue weighted by atomic mass is 35.5. The van der Waals surface area contributed by atoms with Gasteiger partial charge in [-0.3, -0.25) is 4.79 Å². The number of carbonyl (C=O) groups is 1. The minimum Gasteiger partial charge on any atom is -0.468 e. The van der Waals surface area contributed by atoms with Crippen LogP contribution in [-0.2, 0) is 16.0 Å². The Morgan fingerprint density at radius 3 is 2.82 bits per heavy atom. The summed E-state index contributed by atoms with van der Waals surface area (Å²) in [4.78, 5) is 16.5. The molecular weight excluding hydrogens is 370 g/mol. The number of para-hydroxylation sites is 1. The van der Waals surface area contributed by atoms with E-state index in [0.29, 0.717) is 11.8 Å². The van der Waals surface area contributed by atoms with Crippen LogP contribution in [-0.4, -0.2) is 18.1 Å². The third-order valence-corrected chi connectivity index (χ3v) is 8.57. The number of fused-ring (bicyclic) bond motifs is 4. The Labute approximate surface area is 171 Å². The molecule has 4 atom stereocenters. The van der Waals surface area contributed by atoms with Crippen molar-refractivity contribution < 1.29 is 9.53 Å². The molecule has 3 nitrogen and oxygen atoms in total. The number of esters is 1. The lowest BCUT2D eigenvalue weighted by Gasteiger charge is -2.54. The van der Waals surface area contributed by atoms with E-state index in [0.717, 1.165) is 42.6 Å². The lowest BCUT2D eigenvalue weighted by Crippen LogP contribution is -2.47. The highest BCUT2D eigenvalue weighted by Gasteiger charge is 2.55. The Balaban J connectivity index is 1.80. The molecular formula is C24H28ClNO2. The van der Waals surface area contributed by atoms with Gasteiger partial charge in [0.15, 0.2) is 0 Å². The maximum Gasteiger partial charge on any atom is 0.315 e. The second kappa shape index (κ2) is 5.89. The lowest BCUT2D eigenvalue weighted by molar-refractivity contribution is -0.150. The van der Waals surface area contributed by atoms with Crippen molar-refractivity contribution in [3.8, 4) is 0 Å². The van der Waals surface area contributed by atoms with Crippen LogP contribution in [0.5, 0.6) is 0 Å². The second-order valence-corrected chi connectivity index (χ2v) is 9.93. The van der Waals surface area contributed by atoms with Gasteiger partial charge in [0.2, 0.25) is 0 Å². The minimum absolute atomic E-state index is 0.0733. The third-order valence-electron chi connectivity index (χ3n) is 8.25. The van der Waals surface area contributed by atoms with Gasteiger partial charge >= 0.3 is 5.97 Å². The molecule has 5 rings (SSSR count). The Morgan fingerprint density at radius 2 is 2.07 bits per heavy atom. The van der Waals surface area contributed by atoms with E-state index in [9.17, 15) is 4.79 Å². The predicted molar refractivity (Wildman–Crippen MR) is 113 cm³/mol. The van der Waals surface area contributed by atoms with Crippen molar-refractivity contribution >= 4 is 28.5 Å². The summed E-state index contributed by atoms with van der Waals surface area (Å²) in [6, 6.07) is 6.21. The molecule has 0 amide bonds. The number of benzene rings is 1. The van der Waals surface area contributed by atoms with Gasteiger partial charge < -0.3 is 9.72 Å². The number of aromatic nitrogens is 1. The molecule has 0 spiro atoms. The molecule has 3 aliphatic rings. The smallest absolute Gasteiger partial charge is 0.315 e. The average Bonchev–Trinajstić information content (AvgIpc) is 3.05. The SMILES string of the molecule is COC(=O)[C@@]1(C)CC[C@@H]2C3=C1CC[C@@H](C)[C@]3(C)Cc1c2[nH]c2c(Cl)cccc12. The summed E-state index contributed by atoms with van der Waals surface area (Å²) in [7, 11) is 1.52. The zero-order valence-electron chi connectivity index (χ0n) is 17.1. The number of methoxy groups -OCH3 is 1. The fraction of sp³-hybridized carbons (Fsp3) is 0.542. The van der Waals surface area contributed by atoms with Crippen molar-refractivity contribution in [2.75, 3.05) is 7.11 Å². The van der Waals surface area contributed by atoms with Crippen molar-refractivity contribution in [2.24, 2.45) is 16.7 Å². The molecule has 1 aromatic heterocycles. The van der Waals surface area contributed by atoms with Crippen LogP contribution in [0.25, 0.3) is 10.9 Å². The quantitative estimate of drug-likeness (QED) is 0.462. The number of nitrogens with one attached hydrogen (secondary N) is 1. The fourth-order valence-corrected chi connectivity index (χ4v) is 6.68. The van der Waals surface area contributed by atoms with Crippen LogP contribution in [0.15, 0.2) is 29.3 Å². The second-order valence-electron chi connectivity index (χ2n) is 9.52. The average molecular weight is 398 g/mol. The van der Waals surface area contributed by atoms with Crippen LogP contribution in [0.4, 0.5) is 0 Å². The topological polar surface area (TPSA) is 42.1 Å². The summed E-state index contributed by atoms with van der Waals surface area (Å²) in [5, 5.41) is 2.06. The van der Waals surface area contributed by atoms with Crippen molar-refractivity contribution in [3.63, 3.8) is 0 Å². The number of carbonyl (C=O) groups excluding carboxylic acids is 1. The van der Waals surface area contributed by atoms with Crippen molar-refractivity contribution in [1.82, 2.24) is 4.98 Å². The van der Waals surface area contributed by atoms with Crippen LogP contribution in [0.3, 0.4) is 0 Å². The monoisotopic (exact) mass is 397 g/mol. The Bertz CT molecular complexity index is 1030. The van der Waals surface area contributed by atoms with E-state index in [-0.39, 0.29) is 11.4 Å². The number of rotatable bonds is 1. The maximum atomic E-state index is 12.8. The largest absolute Gasteiger partial charge is 0.468 e. The summed E-state index contributed by atoms with van der Waals surface area (Å²) in [5.41, 5.74) is 6.29. The highest BCUT2D eigenvalue weighted by molar-refractivity contribution is 6.35. The van der Waals surface area contributed by atoms with Gasteiger partial charge in [0.05, 0.1) is 23.1 Å². The standard InChI is InChI=1S/C24H28ClNO2/c1-13-8-9-17-19-15(10-11-23(17,2)22(27)28-4)20-16(12-24(13,19)3)14-6-5-7-18(25)21(14)26-20/h5-7,13,15,26H,8-12H2,1-4H3/t13-,15-,23+,24+/m1/s1. The number of allylic oxidation sites excluding steroid dienone is 1. The Kier molecular flexibility index (Phi) is 3.85.